The molecule has 1 aromatic heterocycles. The van der Waals surface area contributed by atoms with Gasteiger partial charge in [-0.2, -0.15) is 5.10 Å². The Morgan fingerprint density at radius 2 is 2.20 bits per heavy atom. The van der Waals surface area contributed by atoms with Gasteiger partial charge in [-0.25, -0.2) is 18.9 Å². The molecule has 1 amide bonds. The number of hydrogen-bond donors (Lipinski definition) is 2. The summed E-state index contributed by atoms with van der Waals surface area (Å²) in [5.41, 5.74) is -0.680. The Morgan fingerprint density at radius 3 is 2.80 bits per heavy atom. The van der Waals surface area contributed by atoms with Gasteiger partial charge >= 0.3 is 5.97 Å². The smallest absolute Gasteiger partial charge is 0.337 e. The molecule has 0 fully saturated rings. The highest BCUT2D eigenvalue weighted by molar-refractivity contribution is 6.01. The van der Waals surface area contributed by atoms with Crippen molar-refractivity contribution >= 4 is 17.6 Å². The van der Waals surface area contributed by atoms with Crippen LogP contribution in [0, 0.1) is 5.82 Å². The first-order valence-electron chi connectivity index (χ1n) is 5.67. The maximum Gasteiger partial charge on any atom is 0.337 e. The molecule has 20 heavy (non-hydrogen) atoms. The van der Waals surface area contributed by atoms with E-state index in [4.69, 9.17) is 5.11 Å². The molecule has 2 N–H and O–H groups in total. The number of carbonyl (C=O) groups excluding carboxylic acids is 1. The van der Waals surface area contributed by atoms with Crippen LogP contribution < -0.4 is 5.32 Å². The van der Waals surface area contributed by atoms with Crippen LogP contribution >= 0.6 is 0 Å². The number of anilines is 1. The number of aromatic nitrogens is 3. The van der Waals surface area contributed by atoms with Crippen molar-refractivity contribution in [3.63, 3.8) is 0 Å². The first-order chi connectivity index (χ1) is 9.50. The normalized spacial score (nSPS) is 11.9. The van der Waals surface area contributed by atoms with Crippen LogP contribution in [0.25, 0.3) is 0 Å². The number of carboxylic acid groups (broad SMARTS) is 1. The van der Waals surface area contributed by atoms with Gasteiger partial charge in [0, 0.05) is 0 Å². The van der Waals surface area contributed by atoms with Crippen molar-refractivity contribution in [2.45, 2.75) is 13.0 Å². The zero-order valence-electron chi connectivity index (χ0n) is 10.4. The number of hydrogen-bond acceptors (Lipinski definition) is 4. The van der Waals surface area contributed by atoms with Crippen LogP contribution in [0.2, 0.25) is 0 Å². The van der Waals surface area contributed by atoms with E-state index in [1.54, 1.807) is 0 Å². The van der Waals surface area contributed by atoms with Crippen molar-refractivity contribution in [3.05, 3.63) is 42.2 Å². The lowest BCUT2D eigenvalue weighted by atomic mass is 10.1. The summed E-state index contributed by atoms with van der Waals surface area (Å²) in [5.74, 6) is -2.74. The van der Waals surface area contributed by atoms with Gasteiger partial charge in [-0.05, 0) is 19.1 Å². The predicted octanol–water partition coefficient (Wildman–Crippen LogP) is 1.32. The number of carbonyl (C=O) groups is 2. The molecule has 0 bridgehead atoms. The van der Waals surface area contributed by atoms with Crippen molar-refractivity contribution < 1.29 is 19.1 Å². The van der Waals surface area contributed by atoms with Crippen molar-refractivity contribution in [1.29, 1.82) is 0 Å². The molecule has 0 aliphatic rings. The molecule has 0 aliphatic heterocycles. The molecule has 2 rings (SSSR count). The Balaban J connectivity index is 2.26. The van der Waals surface area contributed by atoms with E-state index in [1.165, 1.54) is 36.4 Å². The van der Waals surface area contributed by atoms with Crippen molar-refractivity contribution in [1.82, 2.24) is 14.8 Å². The van der Waals surface area contributed by atoms with Crippen LogP contribution in [0.3, 0.4) is 0 Å². The number of aromatic carboxylic acids is 1. The van der Waals surface area contributed by atoms with Gasteiger partial charge in [-0.15, -0.1) is 0 Å². The zero-order chi connectivity index (χ0) is 14.7. The summed E-state index contributed by atoms with van der Waals surface area (Å²) in [4.78, 5) is 26.7. The number of amides is 1. The monoisotopic (exact) mass is 278 g/mol. The number of rotatable bonds is 4. The Bertz CT molecular complexity index is 642. The Labute approximate surface area is 113 Å². The molecule has 104 valence electrons. The fourth-order valence-corrected chi connectivity index (χ4v) is 1.59. The molecule has 8 heteroatoms. The Hall–Kier alpha value is -2.77. The minimum Gasteiger partial charge on any atom is -0.478 e. The van der Waals surface area contributed by atoms with E-state index in [0.29, 0.717) is 0 Å². The Kier molecular flexibility index (Phi) is 3.74. The average Bonchev–Trinajstić information content (AvgIpc) is 2.93. The standard InChI is InChI=1S/C12H11FN4O3/c1-7(17-6-14-5-15-17)11(18)16-10-8(12(19)20)3-2-4-9(10)13/h2-7H,1H3,(H,16,18)(H,19,20). The number of carboxylic acids is 1. The van der Waals surface area contributed by atoms with E-state index in [1.807, 2.05) is 0 Å². The molecule has 2 aromatic rings. The topological polar surface area (TPSA) is 97.1 Å². The van der Waals surface area contributed by atoms with Crippen LogP contribution in [0.15, 0.2) is 30.9 Å². The van der Waals surface area contributed by atoms with Gasteiger partial charge in [-0.1, -0.05) is 6.07 Å². The Morgan fingerprint density at radius 1 is 1.45 bits per heavy atom. The highest BCUT2D eigenvalue weighted by atomic mass is 19.1. The molecule has 0 radical (unpaired) electrons. The largest absolute Gasteiger partial charge is 0.478 e. The summed E-state index contributed by atoms with van der Waals surface area (Å²) in [7, 11) is 0. The van der Waals surface area contributed by atoms with Crippen LogP contribution in [-0.2, 0) is 4.79 Å². The number of nitrogens with zero attached hydrogens (tertiary/aromatic N) is 3. The maximum absolute atomic E-state index is 13.7. The zero-order valence-corrected chi connectivity index (χ0v) is 10.4. The highest BCUT2D eigenvalue weighted by Crippen LogP contribution is 2.21. The molecule has 0 saturated carbocycles. The summed E-state index contributed by atoms with van der Waals surface area (Å²) in [6, 6.07) is 2.79. The average molecular weight is 278 g/mol. The van der Waals surface area contributed by atoms with E-state index in [-0.39, 0.29) is 11.3 Å². The SMILES string of the molecule is CC(C(=O)Nc1c(F)cccc1C(=O)O)n1cncn1. The molecule has 0 aliphatic carbocycles. The van der Waals surface area contributed by atoms with Crippen LogP contribution in [-0.4, -0.2) is 31.7 Å². The molecule has 1 aromatic carbocycles. The molecule has 1 atom stereocenters. The lowest BCUT2D eigenvalue weighted by molar-refractivity contribution is -0.119. The number of nitrogens with one attached hydrogen (secondary N) is 1. The lowest BCUT2D eigenvalue weighted by Crippen LogP contribution is -2.25. The first-order valence-corrected chi connectivity index (χ1v) is 5.67. The molecule has 0 saturated heterocycles. The minimum absolute atomic E-state index is 0.316. The van der Waals surface area contributed by atoms with E-state index in [2.05, 4.69) is 15.4 Å². The lowest BCUT2D eigenvalue weighted by Gasteiger charge is -2.14. The molecule has 7 nitrogen and oxygen atoms in total. The summed E-state index contributed by atoms with van der Waals surface area (Å²) >= 11 is 0. The van der Waals surface area contributed by atoms with Gasteiger partial charge in [0.05, 0.1) is 11.3 Å². The van der Waals surface area contributed by atoms with Crippen molar-refractivity contribution in [3.8, 4) is 0 Å². The summed E-state index contributed by atoms with van der Waals surface area (Å²) in [6.45, 7) is 1.53. The van der Waals surface area contributed by atoms with E-state index in [9.17, 15) is 14.0 Å². The van der Waals surface area contributed by atoms with Crippen molar-refractivity contribution in [2.75, 3.05) is 5.32 Å². The molecular formula is C12H11FN4O3. The number of halogens is 1. The van der Waals surface area contributed by atoms with Crippen LogP contribution in [0.1, 0.15) is 23.3 Å². The second kappa shape index (κ2) is 5.47. The predicted molar refractivity (Wildman–Crippen MR) is 66.7 cm³/mol. The molecule has 0 spiro atoms. The molecular weight excluding hydrogens is 267 g/mol. The fraction of sp³-hybridized carbons (Fsp3) is 0.167. The maximum atomic E-state index is 13.7. The highest BCUT2D eigenvalue weighted by Gasteiger charge is 2.21. The second-order valence-corrected chi connectivity index (χ2v) is 4.01. The van der Waals surface area contributed by atoms with E-state index >= 15 is 0 Å². The summed E-state index contributed by atoms with van der Waals surface area (Å²) < 4.78 is 14.9. The number of benzene rings is 1. The fourth-order valence-electron chi connectivity index (χ4n) is 1.59. The molecule has 1 heterocycles. The van der Waals surface area contributed by atoms with E-state index in [0.717, 1.165) is 6.07 Å². The number of para-hydroxylation sites is 1. The van der Waals surface area contributed by atoms with Crippen LogP contribution in [0.5, 0.6) is 0 Å². The minimum atomic E-state index is -1.33. The van der Waals surface area contributed by atoms with Gasteiger partial charge in [0.1, 0.15) is 24.5 Å². The van der Waals surface area contributed by atoms with Gasteiger partial charge < -0.3 is 10.4 Å². The van der Waals surface area contributed by atoms with Gasteiger partial charge in [-0.3, -0.25) is 4.79 Å². The van der Waals surface area contributed by atoms with Gasteiger partial charge in [0.2, 0.25) is 5.91 Å². The van der Waals surface area contributed by atoms with Crippen LogP contribution in [0.4, 0.5) is 10.1 Å². The third-order valence-electron chi connectivity index (χ3n) is 2.71. The van der Waals surface area contributed by atoms with Gasteiger partial charge in [0.15, 0.2) is 0 Å². The third-order valence-corrected chi connectivity index (χ3v) is 2.71. The third kappa shape index (κ3) is 2.63. The second-order valence-electron chi connectivity index (χ2n) is 4.01. The van der Waals surface area contributed by atoms with E-state index < -0.39 is 23.7 Å². The quantitative estimate of drug-likeness (QED) is 0.879. The van der Waals surface area contributed by atoms with Crippen molar-refractivity contribution in [2.24, 2.45) is 0 Å². The summed E-state index contributed by atoms with van der Waals surface area (Å²) in [6.07, 6.45) is 2.60. The van der Waals surface area contributed by atoms with Gasteiger partial charge in [0.25, 0.3) is 0 Å². The summed E-state index contributed by atoms with van der Waals surface area (Å²) in [5, 5.41) is 15.0. The first kappa shape index (κ1) is 13.7. The molecule has 1 unspecified atom stereocenters.